The lowest BCUT2D eigenvalue weighted by Crippen LogP contribution is -2.43. The molecule has 1 aromatic carbocycles. The number of hydrogen-bond acceptors (Lipinski definition) is 3. The van der Waals surface area contributed by atoms with Crippen LogP contribution in [0.3, 0.4) is 0 Å². The summed E-state index contributed by atoms with van der Waals surface area (Å²) >= 11 is 0. The molecular formula is C15H24N2O2. The molecular weight excluding hydrogens is 240 g/mol. The van der Waals surface area contributed by atoms with Gasteiger partial charge in [-0.05, 0) is 18.6 Å². The molecule has 0 saturated heterocycles. The minimum absolute atomic E-state index is 0.0314. The Labute approximate surface area is 115 Å². The Morgan fingerprint density at radius 3 is 2.58 bits per heavy atom. The molecule has 0 spiro atoms. The Morgan fingerprint density at radius 1 is 1.21 bits per heavy atom. The summed E-state index contributed by atoms with van der Waals surface area (Å²) in [6.07, 6.45) is 4.45. The highest BCUT2D eigenvalue weighted by atomic mass is 16.3. The number of phenols is 1. The number of para-hydroxylation sites is 1. The third-order valence-electron chi connectivity index (χ3n) is 2.96. The fraction of sp³-hybridized carbons (Fsp3) is 0.533. The molecule has 0 radical (unpaired) electrons. The van der Waals surface area contributed by atoms with E-state index in [1.54, 1.807) is 23.2 Å². The molecule has 1 amide bonds. The zero-order valence-corrected chi connectivity index (χ0v) is 11.9. The molecule has 1 aromatic rings. The van der Waals surface area contributed by atoms with Gasteiger partial charge in [0.25, 0.3) is 5.91 Å². The van der Waals surface area contributed by atoms with Gasteiger partial charge in [-0.3, -0.25) is 9.80 Å². The van der Waals surface area contributed by atoms with E-state index in [4.69, 9.17) is 0 Å². The molecule has 0 aromatic heterocycles. The minimum Gasteiger partial charge on any atom is -0.507 e. The lowest BCUT2D eigenvalue weighted by molar-refractivity contribution is 0.0656. The van der Waals surface area contributed by atoms with Crippen molar-refractivity contribution < 1.29 is 9.90 Å². The second-order valence-electron chi connectivity index (χ2n) is 4.55. The SMILES string of the molecule is CCCCCCN(NCC)C(=O)c1ccccc1O. The van der Waals surface area contributed by atoms with Gasteiger partial charge < -0.3 is 5.11 Å². The van der Waals surface area contributed by atoms with Crippen LogP contribution in [0.1, 0.15) is 49.9 Å². The monoisotopic (exact) mass is 264 g/mol. The van der Waals surface area contributed by atoms with Crippen molar-refractivity contribution in [1.82, 2.24) is 10.4 Å². The number of phenolic OH excluding ortho intramolecular Hbond substituents is 1. The fourth-order valence-electron chi connectivity index (χ4n) is 1.94. The Bertz CT molecular complexity index is 393. The number of carbonyl (C=O) groups excluding carboxylic acids is 1. The van der Waals surface area contributed by atoms with Crippen LogP contribution in [0.15, 0.2) is 24.3 Å². The van der Waals surface area contributed by atoms with Gasteiger partial charge in [0.05, 0.1) is 5.56 Å². The molecule has 0 unspecified atom stereocenters. The Kier molecular flexibility index (Phi) is 6.97. The third-order valence-corrected chi connectivity index (χ3v) is 2.96. The van der Waals surface area contributed by atoms with E-state index < -0.39 is 0 Å². The maximum atomic E-state index is 12.3. The van der Waals surface area contributed by atoms with Gasteiger partial charge in [-0.15, -0.1) is 0 Å². The number of hydrogen-bond donors (Lipinski definition) is 2. The van der Waals surface area contributed by atoms with Crippen molar-refractivity contribution in [2.24, 2.45) is 0 Å². The summed E-state index contributed by atoms with van der Waals surface area (Å²) in [5.41, 5.74) is 3.40. The van der Waals surface area contributed by atoms with Crippen LogP contribution in [0, 0.1) is 0 Å². The molecule has 4 nitrogen and oxygen atoms in total. The molecule has 0 saturated carbocycles. The highest BCUT2D eigenvalue weighted by Crippen LogP contribution is 2.17. The molecule has 0 bridgehead atoms. The number of carbonyl (C=O) groups is 1. The van der Waals surface area contributed by atoms with Crippen molar-refractivity contribution in [1.29, 1.82) is 0 Å². The lowest BCUT2D eigenvalue weighted by Gasteiger charge is -2.23. The molecule has 106 valence electrons. The van der Waals surface area contributed by atoms with E-state index in [2.05, 4.69) is 12.3 Å². The summed E-state index contributed by atoms with van der Waals surface area (Å²) in [5.74, 6) is -0.139. The Hall–Kier alpha value is -1.55. The van der Waals surface area contributed by atoms with Gasteiger partial charge >= 0.3 is 0 Å². The van der Waals surface area contributed by atoms with Gasteiger partial charge in [-0.2, -0.15) is 0 Å². The van der Waals surface area contributed by atoms with E-state index in [0.717, 1.165) is 12.8 Å². The van der Waals surface area contributed by atoms with Crippen molar-refractivity contribution in [3.63, 3.8) is 0 Å². The summed E-state index contributed by atoms with van der Waals surface area (Å²) in [6, 6.07) is 6.65. The van der Waals surface area contributed by atoms with Crippen LogP contribution in [0.5, 0.6) is 5.75 Å². The zero-order valence-electron chi connectivity index (χ0n) is 11.9. The highest BCUT2D eigenvalue weighted by Gasteiger charge is 2.17. The number of unbranched alkanes of at least 4 members (excludes halogenated alkanes) is 3. The van der Waals surface area contributed by atoms with Gasteiger partial charge in [-0.25, -0.2) is 5.43 Å². The van der Waals surface area contributed by atoms with E-state index in [1.807, 2.05) is 6.92 Å². The second-order valence-corrected chi connectivity index (χ2v) is 4.55. The normalized spacial score (nSPS) is 10.4. The molecule has 1 rings (SSSR count). The first-order valence-electron chi connectivity index (χ1n) is 7.04. The summed E-state index contributed by atoms with van der Waals surface area (Å²) in [6.45, 7) is 5.47. The van der Waals surface area contributed by atoms with E-state index >= 15 is 0 Å². The van der Waals surface area contributed by atoms with Crippen molar-refractivity contribution in [3.05, 3.63) is 29.8 Å². The number of hydrazine groups is 1. The average molecular weight is 264 g/mol. The van der Waals surface area contributed by atoms with Crippen molar-refractivity contribution in [3.8, 4) is 5.75 Å². The van der Waals surface area contributed by atoms with Crippen LogP contribution < -0.4 is 5.43 Å². The predicted octanol–water partition coefficient (Wildman–Crippen LogP) is 2.94. The summed E-state index contributed by atoms with van der Waals surface area (Å²) < 4.78 is 0. The average Bonchev–Trinajstić information content (AvgIpc) is 2.42. The molecule has 0 aliphatic carbocycles. The van der Waals surface area contributed by atoms with Crippen LogP contribution in [-0.2, 0) is 0 Å². The van der Waals surface area contributed by atoms with E-state index in [0.29, 0.717) is 18.7 Å². The number of rotatable bonds is 8. The van der Waals surface area contributed by atoms with E-state index in [1.165, 1.54) is 18.9 Å². The molecule has 2 N–H and O–H groups in total. The van der Waals surface area contributed by atoms with Gasteiger partial charge in [0.2, 0.25) is 0 Å². The molecule has 0 atom stereocenters. The van der Waals surface area contributed by atoms with Crippen LogP contribution in [0.2, 0.25) is 0 Å². The molecule has 0 fully saturated rings. The molecule has 0 aliphatic rings. The maximum absolute atomic E-state index is 12.3. The van der Waals surface area contributed by atoms with Crippen LogP contribution >= 0.6 is 0 Å². The number of nitrogens with one attached hydrogen (secondary N) is 1. The summed E-state index contributed by atoms with van der Waals surface area (Å²) in [7, 11) is 0. The van der Waals surface area contributed by atoms with E-state index in [-0.39, 0.29) is 11.7 Å². The molecule has 19 heavy (non-hydrogen) atoms. The number of benzene rings is 1. The number of nitrogens with zero attached hydrogens (tertiary/aromatic N) is 1. The number of amides is 1. The molecule has 0 aliphatic heterocycles. The number of aromatic hydroxyl groups is 1. The van der Waals surface area contributed by atoms with Crippen LogP contribution in [0.4, 0.5) is 0 Å². The van der Waals surface area contributed by atoms with Gasteiger partial charge in [-0.1, -0.05) is 45.2 Å². The molecule has 0 heterocycles. The summed E-state index contributed by atoms with van der Waals surface area (Å²) in [4.78, 5) is 12.3. The first-order chi connectivity index (χ1) is 9.20. The van der Waals surface area contributed by atoms with Crippen molar-refractivity contribution in [2.45, 2.75) is 39.5 Å². The maximum Gasteiger partial charge on any atom is 0.271 e. The topological polar surface area (TPSA) is 52.6 Å². The fourth-order valence-corrected chi connectivity index (χ4v) is 1.94. The van der Waals surface area contributed by atoms with E-state index in [9.17, 15) is 9.90 Å². The summed E-state index contributed by atoms with van der Waals surface area (Å²) in [5, 5.41) is 11.3. The second kappa shape index (κ2) is 8.53. The lowest BCUT2D eigenvalue weighted by atomic mass is 10.1. The van der Waals surface area contributed by atoms with Gasteiger partial charge in [0.1, 0.15) is 5.75 Å². The quantitative estimate of drug-likeness (QED) is 0.560. The largest absolute Gasteiger partial charge is 0.507 e. The smallest absolute Gasteiger partial charge is 0.271 e. The van der Waals surface area contributed by atoms with Crippen LogP contribution in [-0.4, -0.2) is 29.1 Å². The van der Waals surface area contributed by atoms with Crippen molar-refractivity contribution in [2.75, 3.05) is 13.1 Å². The highest BCUT2D eigenvalue weighted by molar-refractivity contribution is 5.96. The van der Waals surface area contributed by atoms with Gasteiger partial charge in [0.15, 0.2) is 0 Å². The van der Waals surface area contributed by atoms with Gasteiger partial charge in [0, 0.05) is 13.1 Å². The zero-order chi connectivity index (χ0) is 14.1. The predicted molar refractivity (Wildman–Crippen MR) is 77.0 cm³/mol. The Morgan fingerprint density at radius 2 is 1.95 bits per heavy atom. The molecule has 4 heteroatoms. The third kappa shape index (κ3) is 4.91. The first-order valence-corrected chi connectivity index (χ1v) is 7.04. The minimum atomic E-state index is -0.170. The Balaban J connectivity index is 2.64. The van der Waals surface area contributed by atoms with Crippen LogP contribution in [0.25, 0.3) is 0 Å². The van der Waals surface area contributed by atoms with Crippen molar-refractivity contribution >= 4 is 5.91 Å². The standard InChI is InChI=1S/C15H24N2O2/c1-3-5-6-9-12-17(16-4-2)15(19)13-10-7-8-11-14(13)18/h7-8,10-11,16,18H,3-6,9,12H2,1-2H3. The first kappa shape index (κ1) is 15.5.